The van der Waals surface area contributed by atoms with Gasteiger partial charge in [-0.1, -0.05) is 40.2 Å². The zero-order valence-electron chi connectivity index (χ0n) is 24.1. The summed E-state index contributed by atoms with van der Waals surface area (Å²) < 4.78 is 76.9. The van der Waals surface area contributed by atoms with Crippen molar-refractivity contribution in [3.8, 4) is 0 Å². The van der Waals surface area contributed by atoms with E-state index in [1.165, 1.54) is 0 Å². The minimum atomic E-state index is -4.32. The Morgan fingerprint density at radius 1 is 0.488 bits per heavy atom. The summed E-state index contributed by atoms with van der Waals surface area (Å²) in [5.74, 6) is -2.94. The third-order valence-electron chi connectivity index (χ3n) is 4.20. The number of rotatable bonds is 26. The standard InChI is InChI=1S/C25H38O16P2/c1-7-21(26)32-11-15-36-42(30,37-16-12-33-22(27)8-2)40-19-25(5,6)20-41-43(31,38-17-13-34-23(28)9-3)39-18-14-35-24(29)10-4/h7-10H,1-4,11-20H2,5-6H3. The van der Waals surface area contributed by atoms with Crippen LogP contribution in [0.25, 0.3) is 0 Å². The number of hydrogen-bond acceptors (Lipinski definition) is 16. The van der Waals surface area contributed by atoms with Crippen molar-refractivity contribution < 1.29 is 74.4 Å². The van der Waals surface area contributed by atoms with Gasteiger partial charge in [-0.15, -0.1) is 0 Å². The molecule has 0 atom stereocenters. The lowest BCUT2D eigenvalue weighted by atomic mass is 9.97. The quantitative estimate of drug-likeness (QED) is 0.0432. The first-order valence-electron chi connectivity index (χ1n) is 12.5. The maximum atomic E-state index is 13.2. The molecule has 0 aromatic heterocycles. The molecule has 0 spiro atoms. The predicted molar refractivity (Wildman–Crippen MR) is 149 cm³/mol. The van der Waals surface area contributed by atoms with Crippen molar-refractivity contribution in [3.05, 3.63) is 50.6 Å². The van der Waals surface area contributed by atoms with Crippen molar-refractivity contribution in [1.82, 2.24) is 0 Å². The molecule has 0 radical (unpaired) electrons. The van der Waals surface area contributed by atoms with Gasteiger partial charge in [0.25, 0.3) is 0 Å². The van der Waals surface area contributed by atoms with Gasteiger partial charge in [-0.2, -0.15) is 0 Å². The van der Waals surface area contributed by atoms with Crippen LogP contribution in [0.15, 0.2) is 50.6 Å². The van der Waals surface area contributed by atoms with Crippen LogP contribution in [-0.4, -0.2) is 89.9 Å². The van der Waals surface area contributed by atoms with E-state index in [2.05, 4.69) is 26.3 Å². The topological polar surface area (TPSA) is 195 Å². The minimum Gasteiger partial charge on any atom is -0.460 e. The summed E-state index contributed by atoms with van der Waals surface area (Å²) in [7, 11) is -8.64. The van der Waals surface area contributed by atoms with Crippen LogP contribution in [0.3, 0.4) is 0 Å². The Morgan fingerprint density at radius 3 is 0.930 bits per heavy atom. The molecule has 244 valence electrons. The van der Waals surface area contributed by atoms with E-state index >= 15 is 0 Å². The average Bonchev–Trinajstić information content (AvgIpc) is 2.99. The fourth-order valence-electron chi connectivity index (χ4n) is 2.17. The van der Waals surface area contributed by atoms with Gasteiger partial charge in [0.2, 0.25) is 0 Å². The van der Waals surface area contributed by atoms with Crippen molar-refractivity contribution in [2.45, 2.75) is 13.8 Å². The van der Waals surface area contributed by atoms with E-state index in [9.17, 15) is 28.3 Å². The Hall–Kier alpha value is -2.94. The van der Waals surface area contributed by atoms with Crippen LogP contribution in [-0.2, 0) is 74.4 Å². The number of ether oxygens (including phenoxy) is 4. The third kappa shape index (κ3) is 20.6. The first-order valence-corrected chi connectivity index (χ1v) is 15.4. The summed E-state index contributed by atoms with van der Waals surface area (Å²) in [6.45, 7) is 12.7. The van der Waals surface area contributed by atoms with E-state index in [0.29, 0.717) is 0 Å². The first-order chi connectivity index (χ1) is 20.2. The largest absolute Gasteiger partial charge is 0.475 e. The summed E-state index contributed by atoms with van der Waals surface area (Å²) >= 11 is 0. The van der Waals surface area contributed by atoms with E-state index in [0.717, 1.165) is 24.3 Å². The van der Waals surface area contributed by atoms with E-state index < -0.39 is 44.9 Å². The van der Waals surface area contributed by atoms with Gasteiger partial charge in [-0.05, 0) is 0 Å². The zero-order chi connectivity index (χ0) is 32.8. The molecule has 0 aromatic rings. The second-order valence-corrected chi connectivity index (χ2v) is 11.8. The molecule has 0 saturated heterocycles. The molecule has 0 rings (SSSR count). The fourth-order valence-corrected chi connectivity index (χ4v) is 4.83. The average molecular weight is 657 g/mol. The molecule has 0 N–H and O–H groups in total. The van der Waals surface area contributed by atoms with E-state index in [-0.39, 0.29) is 66.1 Å². The number of phosphoric acid groups is 2. The Bertz CT molecular complexity index is 910. The van der Waals surface area contributed by atoms with Crippen molar-refractivity contribution in [2.75, 3.05) is 66.1 Å². The van der Waals surface area contributed by atoms with Gasteiger partial charge in [0.05, 0.1) is 39.6 Å². The van der Waals surface area contributed by atoms with Crippen molar-refractivity contribution in [3.63, 3.8) is 0 Å². The predicted octanol–water partition coefficient (Wildman–Crippen LogP) is 3.25. The Kier molecular flexibility index (Phi) is 20.2. The maximum absolute atomic E-state index is 13.2. The molecule has 0 aliphatic heterocycles. The number of phosphoric ester groups is 2. The summed E-state index contributed by atoms with van der Waals surface area (Å²) in [6, 6.07) is 0. The van der Waals surface area contributed by atoms with Gasteiger partial charge in [0.1, 0.15) is 26.4 Å². The molecular formula is C25H38O16P2. The van der Waals surface area contributed by atoms with Gasteiger partial charge in [0.15, 0.2) is 0 Å². The fraction of sp³-hybridized carbons (Fsp3) is 0.520. The van der Waals surface area contributed by atoms with Crippen molar-refractivity contribution >= 4 is 39.5 Å². The number of carbonyl (C=O) groups is 4. The second kappa shape index (κ2) is 21.7. The molecule has 0 bridgehead atoms. The maximum Gasteiger partial charge on any atom is 0.475 e. The second-order valence-electron chi connectivity index (χ2n) is 8.42. The molecule has 0 amide bonds. The van der Waals surface area contributed by atoms with Crippen molar-refractivity contribution in [1.29, 1.82) is 0 Å². The molecule has 0 fully saturated rings. The van der Waals surface area contributed by atoms with Crippen LogP contribution in [0.5, 0.6) is 0 Å². The van der Waals surface area contributed by atoms with Crippen molar-refractivity contribution in [2.24, 2.45) is 5.41 Å². The molecule has 0 aliphatic carbocycles. The SMILES string of the molecule is C=CC(=O)OCCOP(=O)(OCCOC(=O)C=C)OCC(C)(C)COP(=O)(OCCOC(=O)C=C)OCCOC(=O)C=C. The van der Waals surface area contributed by atoms with Crippen LogP contribution in [0.1, 0.15) is 13.8 Å². The summed E-state index contributed by atoms with van der Waals surface area (Å²) in [4.78, 5) is 44.8. The highest BCUT2D eigenvalue weighted by Gasteiger charge is 2.35. The van der Waals surface area contributed by atoms with Crippen LogP contribution < -0.4 is 0 Å². The molecule has 0 aromatic carbocycles. The lowest BCUT2D eigenvalue weighted by Crippen LogP contribution is -2.26. The van der Waals surface area contributed by atoms with Gasteiger partial charge in [0, 0.05) is 29.7 Å². The Morgan fingerprint density at radius 2 is 0.721 bits per heavy atom. The summed E-state index contributed by atoms with van der Waals surface area (Å²) in [6.07, 6.45) is 3.71. The lowest BCUT2D eigenvalue weighted by Gasteiger charge is -2.28. The molecule has 0 heterocycles. The molecule has 43 heavy (non-hydrogen) atoms. The minimum absolute atomic E-state index is 0.304. The highest BCUT2D eigenvalue weighted by Crippen LogP contribution is 2.52. The number of esters is 4. The van der Waals surface area contributed by atoms with Crippen LogP contribution in [0.2, 0.25) is 0 Å². The Labute approximate surface area is 250 Å². The van der Waals surface area contributed by atoms with Gasteiger partial charge in [-0.25, -0.2) is 28.3 Å². The van der Waals surface area contributed by atoms with E-state index in [1.807, 2.05) is 0 Å². The smallest absolute Gasteiger partial charge is 0.460 e. The van der Waals surface area contributed by atoms with E-state index in [4.69, 9.17) is 46.1 Å². The summed E-state index contributed by atoms with van der Waals surface area (Å²) in [5, 5.41) is 0. The highest BCUT2D eigenvalue weighted by atomic mass is 31.2. The van der Waals surface area contributed by atoms with Crippen LogP contribution in [0, 0.1) is 5.41 Å². The lowest BCUT2D eigenvalue weighted by molar-refractivity contribution is -0.139. The number of hydrogen-bond donors (Lipinski definition) is 0. The monoisotopic (exact) mass is 656 g/mol. The third-order valence-corrected chi connectivity index (χ3v) is 7.09. The van der Waals surface area contributed by atoms with Gasteiger partial charge in [-0.3, -0.25) is 27.1 Å². The molecular weight excluding hydrogens is 618 g/mol. The molecule has 0 saturated carbocycles. The van der Waals surface area contributed by atoms with Crippen LogP contribution in [0.4, 0.5) is 0 Å². The van der Waals surface area contributed by atoms with Gasteiger partial charge < -0.3 is 18.9 Å². The summed E-state index contributed by atoms with van der Waals surface area (Å²) in [5.41, 5.74) is -1.04. The molecule has 0 aliphatic rings. The zero-order valence-corrected chi connectivity index (χ0v) is 25.9. The molecule has 0 unspecified atom stereocenters. The highest BCUT2D eigenvalue weighted by molar-refractivity contribution is 7.48. The Balaban J connectivity index is 5.28. The van der Waals surface area contributed by atoms with Crippen LogP contribution >= 0.6 is 15.6 Å². The number of carbonyl (C=O) groups excluding carboxylic acids is 4. The van der Waals surface area contributed by atoms with E-state index in [1.54, 1.807) is 13.8 Å². The normalized spacial score (nSPS) is 11.6. The molecule has 16 nitrogen and oxygen atoms in total. The molecule has 18 heteroatoms. The van der Waals surface area contributed by atoms with Gasteiger partial charge >= 0.3 is 39.5 Å². The first kappa shape index (κ1) is 40.1.